The second kappa shape index (κ2) is 3.09. The van der Waals surface area contributed by atoms with Gasteiger partial charge in [-0.15, -0.1) is 0 Å². The van der Waals surface area contributed by atoms with Gasteiger partial charge in [0.05, 0.1) is 0 Å². The monoisotopic (exact) mass is 159 g/mol. The molecule has 4 heteroatoms. The number of aliphatic hydroxyl groups excluding tert-OH is 1. The van der Waals surface area contributed by atoms with E-state index in [9.17, 15) is 9.90 Å². The molecule has 0 spiro atoms. The molecule has 0 saturated carbocycles. The van der Waals surface area contributed by atoms with Crippen LogP contribution in [0, 0.1) is 5.92 Å². The fourth-order valence-electron chi connectivity index (χ4n) is 1.34. The summed E-state index contributed by atoms with van der Waals surface area (Å²) in [5.74, 6) is 0.370. The lowest BCUT2D eigenvalue weighted by molar-refractivity contribution is -0.0249. The van der Waals surface area contributed by atoms with Crippen LogP contribution < -0.4 is 0 Å². The van der Waals surface area contributed by atoms with Gasteiger partial charge in [0, 0.05) is 6.54 Å². The Labute approximate surface area is 65.4 Å². The van der Waals surface area contributed by atoms with Crippen LogP contribution in [-0.4, -0.2) is 34.0 Å². The van der Waals surface area contributed by atoms with Gasteiger partial charge < -0.3 is 10.2 Å². The van der Waals surface area contributed by atoms with Crippen molar-refractivity contribution in [1.82, 2.24) is 4.90 Å². The predicted molar refractivity (Wildman–Crippen MR) is 39.1 cm³/mol. The topological polar surface area (TPSA) is 60.8 Å². The molecular formula is C7H13NO3. The minimum absolute atomic E-state index is 0.370. The summed E-state index contributed by atoms with van der Waals surface area (Å²) in [6, 6.07) is 0. The Morgan fingerprint density at radius 2 is 2.18 bits per heavy atom. The van der Waals surface area contributed by atoms with E-state index < -0.39 is 12.3 Å². The highest BCUT2D eigenvalue weighted by Crippen LogP contribution is 2.19. The average Bonchev–Trinajstić information content (AvgIpc) is 1.94. The number of amides is 1. The van der Waals surface area contributed by atoms with E-state index in [1.54, 1.807) is 0 Å². The zero-order chi connectivity index (χ0) is 8.43. The summed E-state index contributed by atoms with van der Waals surface area (Å²) in [6.45, 7) is 2.44. The zero-order valence-corrected chi connectivity index (χ0v) is 6.53. The molecule has 4 nitrogen and oxygen atoms in total. The second-order valence-corrected chi connectivity index (χ2v) is 3.10. The highest BCUT2D eigenvalue weighted by molar-refractivity contribution is 5.65. The van der Waals surface area contributed by atoms with Gasteiger partial charge in [0.25, 0.3) is 0 Å². The molecule has 0 radical (unpaired) electrons. The van der Waals surface area contributed by atoms with Crippen LogP contribution in [0.3, 0.4) is 0 Å². The summed E-state index contributed by atoms with van der Waals surface area (Å²) in [7, 11) is 0. The number of hydrogen-bond acceptors (Lipinski definition) is 2. The molecule has 1 rings (SSSR count). The molecule has 1 aliphatic heterocycles. The van der Waals surface area contributed by atoms with Gasteiger partial charge in [0.15, 0.2) is 0 Å². The van der Waals surface area contributed by atoms with Gasteiger partial charge >= 0.3 is 6.09 Å². The van der Waals surface area contributed by atoms with Crippen LogP contribution in [0.15, 0.2) is 0 Å². The number of piperidine rings is 1. The van der Waals surface area contributed by atoms with Crippen molar-refractivity contribution in [2.24, 2.45) is 5.92 Å². The molecule has 0 aromatic rings. The molecule has 64 valence electrons. The molecule has 2 atom stereocenters. The van der Waals surface area contributed by atoms with Crippen molar-refractivity contribution in [3.8, 4) is 0 Å². The highest BCUT2D eigenvalue weighted by atomic mass is 16.4. The van der Waals surface area contributed by atoms with E-state index in [2.05, 4.69) is 0 Å². The van der Waals surface area contributed by atoms with E-state index in [4.69, 9.17) is 5.11 Å². The molecule has 1 aliphatic rings. The van der Waals surface area contributed by atoms with Crippen molar-refractivity contribution < 1.29 is 15.0 Å². The van der Waals surface area contributed by atoms with Crippen molar-refractivity contribution in [2.75, 3.05) is 6.54 Å². The van der Waals surface area contributed by atoms with E-state index in [-0.39, 0.29) is 0 Å². The third kappa shape index (κ3) is 1.83. The maximum atomic E-state index is 10.5. The molecule has 0 aliphatic carbocycles. The van der Waals surface area contributed by atoms with Gasteiger partial charge in [-0.1, -0.05) is 6.92 Å². The predicted octanol–water partition coefficient (Wildman–Crippen LogP) is 0.715. The number of nitrogens with zero attached hydrogens (tertiary/aromatic N) is 1. The molecule has 11 heavy (non-hydrogen) atoms. The van der Waals surface area contributed by atoms with Crippen molar-refractivity contribution in [3.05, 3.63) is 0 Å². The fourth-order valence-corrected chi connectivity index (χ4v) is 1.34. The Bertz CT molecular complexity index is 160. The summed E-state index contributed by atoms with van der Waals surface area (Å²) in [6.07, 6.45) is -0.342. The lowest BCUT2D eigenvalue weighted by atomic mass is 9.99. The summed E-state index contributed by atoms with van der Waals surface area (Å²) >= 11 is 0. The second-order valence-electron chi connectivity index (χ2n) is 3.10. The molecule has 1 heterocycles. The average molecular weight is 159 g/mol. The molecule has 0 aromatic heterocycles. The molecule has 0 aromatic carbocycles. The number of rotatable bonds is 0. The van der Waals surface area contributed by atoms with E-state index in [1.807, 2.05) is 6.92 Å². The van der Waals surface area contributed by atoms with Crippen LogP contribution in [0.5, 0.6) is 0 Å². The van der Waals surface area contributed by atoms with Crippen molar-refractivity contribution in [2.45, 2.75) is 26.0 Å². The first-order valence-corrected chi connectivity index (χ1v) is 3.79. The van der Waals surface area contributed by atoms with Gasteiger partial charge in [0.1, 0.15) is 6.23 Å². The van der Waals surface area contributed by atoms with Crippen molar-refractivity contribution >= 4 is 6.09 Å². The van der Waals surface area contributed by atoms with Gasteiger partial charge in [-0.25, -0.2) is 4.79 Å². The Balaban J connectivity index is 2.54. The lowest BCUT2D eigenvalue weighted by Crippen LogP contribution is -2.45. The van der Waals surface area contributed by atoms with Crippen LogP contribution in [-0.2, 0) is 0 Å². The molecule has 1 fully saturated rings. The third-order valence-electron chi connectivity index (χ3n) is 2.03. The van der Waals surface area contributed by atoms with Crippen molar-refractivity contribution in [3.63, 3.8) is 0 Å². The summed E-state index contributed by atoms with van der Waals surface area (Å²) < 4.78 is 0. The van der Waals surface area contributed by atoms with Gasteiger partial charge in [0.2, 0.25) is 0 Å². The smallest absolute Gasteiger partial charge is 0.409 e. The van der Waals surface area contributed by atoms with E-state index in [0.29, 0.717) is 18.9 Å². The first-order valence-electron chi connectivity index (χ1n) is 3.79. The van der Waals surface area contributed by atoms with E-state index in [0.717, 1.165) is 11.3 Å². The maximum absolute atomic E-state index is 10.5. The number of carbonyl (C=O) groups is 1. The molecule has 2 N–H and O–H groups in total. The number of aliphatic hydroxyl groups is 1. The molecular weight excluding hydrogens is 146 g/mol. The molecule has 1 amide bonds. The number of carboxylic acid groups (broad SMARTS) is 1. The summed E-state index contributed by atoms with van der Waals surface area (Å²) in [5, 5.41) is 17.8. The maximum Gasteiger partial charge on any atom is 0.409 e. The molecule has 1 unspecified atom stereocenters. The Kier molecular flexibility index (Phi) is 2.34. The quantitative estimate of drug-likeness (QED) is 0.547. The van der Waals surface area contributed by atoms with Crippen LogP contribution in [0.4, 0.5) is 4.79 Å². The summed E-state index contributed by atoms with van der Waals surface area (Å²) in [5.41, 5.74) is 0. The molecule has 1 saturated heterocycles. The van der Waals surface area contributed by atoms with Crippen LogP contribution >= 0.6 is 0 Å². The fraction of sp³-hybridized carbons (Fsp3) is 0.857. The van der Waals surface area contributed by atoms with Gasteiger partial charge in [-0.2, -0.15) is 0 Å². The minimum atomic E-state index is -1.02. The first-order chi connectivity index (χ1) is 5.11. The van der Waals surface area contributed by atoms with Crippen LogP contribution in [0.1, 0.15) is 19.8 Å². The van der Waals surface area contributed by atoms with Gasteiger partial charge in [-0.3, -0.25) is 4.90 Å². The normalized spacial score (nSPS) is 32.0. The number of hydrogen-bond donors (Lipinski definition) is 2. The standard InChI is InChI=1S/C7H13NO3/c1-5-2-3-6(9)8(4-5)7(10)11/h5-6,9H,2-4H2,1H3,(H,10,11)/t5-,6?/m1/s1. The van der Waals surface area contributed by atoms with Crippen molar-refractivity contribution in [1.29, 1.82) is 0 Å². The highest BCUT2D eigenvalue weighted by Gasteiger charge is 2.27. The van der Waals surface area contributed by atoms with Crippen LogP contribution in [0.2, 0.25) is 0 Å². The van der Waals surface area contributed by atoms with Crippen LogP contribution in [0.25, 0.3) is 0 Å². The van der Waals surface area contributed by atoms with E-state index in [1.165, 1.54) is 0 Å². The third-order valence-corrected chi connectivity index (χ3v) is 2.03. The Hall–Kier alpha value is -0.770. The Morgan fingerprint density at radius 1 is 1.55 bits per heavy atom. The zero-order valence-electron chi connectivity index (χ0n) is 6.53. The molecule has 0 bridgehead atoms. The lowest BCUT2D eigenvalue weighted by Gasteiger charge is -2.33. The first kappa shape index (κ1) is 8.33. The number of likely N-dealkylation sites (tertiary alicyclic amines) is 1. The Morgan fingerprint density at radius 3 is 2.64 bits per heavy atom. The SMILES string of the molecule is C[C@@H]1CCC(O)N(C(=O)O)C1. The van der Waals surface area contributed by atoms with Gasteiger partial charge in [-0.05, 0) is 18.8 Å². The summed E-state index contributed by atoms with van der Waals surface area (Å²) in [4.78, 5) is 11.6. The minimum Gasteiger partial charge on any atom is -0.465 e. The van der Waals surface area contributed by atoms with E-state index >= 15 is 0 Å². The largest absolute Gasteiger partial charge is 0.465 e.